The van der Waals surface area contributed by atoms with Crippen LogP contribution in [0.5, 0.6) is 0 Å². The summed E-state index contributed by atoms with van der Waals surface area (Å²) >= 11 is 7.62. The number of nitrogen functional groups attached to an aromatic ring is 1. The van der Waals surface area contributed by atoms with Crippen LogP contribution in [0.15, 0.2) is 58.4 Å². The number of nitrogens with two attached hydrogens (primary N) is 1. The third-order valence-electron chi connectivity index (χ3n) is 4.48. The number of nitrogens with one attached hydrogen (secondary N) is 2. The van der Waals surface area contributed by atoms with Crippen molar-refractivity contribution >= 4 is 52.5 Å². The Morgan fingerprint density at radius 2 is 1.87 bits per heavy atom. The number of nitrogens with zero attached hydrogens (tertiary/aromatic N) is 2. The lowest BCUT2D eigenvalue weighted by Gasteiger charge is -2.18. The molecule has 2 aromatic carbocycles. The van der Waals surface area contributed by atoms with Gasteiger partial charge in [-0.25, -0.2) is 0 Å². The van der Waals surface area contributed by atoms with Crippen molar-refractivity contribution in [2.45, 2.75) is 6.92 Å². The van der Waals surface area contributed by atoms with Crippen LogP contribution in [0, 0.1) is 0 Å². The summed E-state index contributed by atoms with van der Waals surface area (Å²) in [5.41, 5.74) is 11.3. The number of pyridine rings is 1. The molecule has 0 aliphatic heterocycles. The fourth-order valence-electron chi connectivity index (χ4n) is 3.02. The molecule has 1 aromatic heterocycles. The summed E-state index contributed by atoms with van der Waals surface area (Å²) in [7, 11) is 3.32. The summed E-state index contributed by atoms with van der Waals surface area (Å²) in [6.07, 6.45) is 3.26. The second-order valence-electron chi connectivity index (χ2n) is 6.60. The molecule has 0 spiro atoms. The van der Waals surface area contributed by atoms with Crippen LogP contribution in [0.25, 0.3) is 11.1 Å². The summed E-state index contributed by atoms with van der Waals surface area (Å²) in [6.45, 7) is 2.08. The number of anilines is 4. The first-order chi connectivity index (χ1) is 14.4. The Bertz CT molecular complexity index is 1130. The Morgan fingerprint density at radius 3 is 2.53 bits per heavy atom. The molecule has 8 heteroatoms. The van der Waals surface area contributed by atoms with Gasteiger partial charge in [0.2, 0.25) is 0 Å². The molecule has 0 radical (unpaired) electrons. The molecule has 4 N–H and O–H groups in total. The van der Waals surface area contributed by atoms with Crippen LogP contribution in [-0.4, -0.2) is 23.6 Å². The number of benzene rings is 2. The number of hydrogen-bond acceptors (Lipinski definition) is 6. The molecule has 0 aliphatic carbocycles. The molecule has 6 nitrogen and oxygen atoms in total. The molecule has 0 fully saturated rings. The summed E-state index contributed by atoms with van der Waals surface area (Å²) in [6, 6.07) is 13.5. The number of halogens is 1. The Balaban J connectivity index is 2.17. The number of aromatic nitrogens is 1. The van der Waals surface area contributed by atoms with Crippen molar-refractivity contribution in [3.05, 3.63) is 69.6 Å². The predicted molar refractivity (Wildman–Crippen MR) is 132 cm³/mol. The van der Waals surface area contributed by atoms with Crippen LogP contribution >= 0.6 is 23.5 Å². The van der Waals surface area contributed by atoms with E-state index in [-0.39, 0.29) is 5.56 Å². The van der Waals surface area contributed by atoms with Gasteiger partial charge in [-0.05, 0) is 42.5 Å². The van der Waals surface area contributed by atoms with Crippen LogP contribution in [0.4, 0.5) is 22.7 Å². The molecule has 0 amide bonds. The van der Waals surface area contributed by atoms with Gasteiger partial charge in [0.15, 0.2) is 0 Å². The van der Waals surface area contributed by atoms with Crippen LogP contribution in [0.3, 0.4) is 0 Å². The van der Waals surface area contributed by atoms with Gasteiger partial charge >= 0.3 is 0 Å². The lowest BCUT2D eigenvalue weighted by Crippen LogP contribution is -2.23. The number of aliphatic imine (C=N–C) groups is 1. The van der Waals surface area contributed by atoms with E-state index in [0.29, 0.717) is 16.3 Å². The van der Waals surface area contributed by atoms with E-state index < -0.39 is 0 Å². The molecule has 1 heterocycles. The van der Waals surface area contributed by atoms with Crippen molar-refractivity contribution in [3.8, 4) is 11.1 Å². The van der Waals surface area contributed by atoms with Crippen LogP contribution in [0.2, 0.25) is 5.02 Å². The molecular weight excluding hydrogens is 418 g/mol. The molecular formula is C22H24ClN5OS. The maximum absolute atomic E-state index is 12.5. The zero-order valence-corrected chi connectivity index (χ0v) is 18.6. The summed E-state index contributed by atoms with van der Waals surface area (Å²) < 4.78 is 4.85. The van der Waals surface area contributed by atoms with Gasteiger partial charge in [0.1, 0.15) is 0 Å². The quantitative estimate of drug-likeness (QED) is 0.348. The Labute approximate surface area is 185 Å². The normalized spacial score (nSPS) is 11.1. The lowest BCUT2D eigenvalue weighted by atomic mass is 10.00. The summed E-state index contributed by atoms with van der Waals surface area (Å²) in [5.74, 6) is 0.930. The third-order valence-corrected chi connectivity index (χ3v) is 5.40. The Morgan fingerprint density at radius 1 is 1.17 bits per heavy atom. The first-order valence-electron chi connectivity index (χ1n) is 9.40. The predicted octanol–water partition coefficient (Wildman–Crippen LogP) is 5.16. The van der Waals surface area contributed by atoms with Crippen molar-refractivity contribution in [1.82, 2.24) is 4.57 Å². The summed E-state index contributed by atoms with van der Waals surface area (Å²) in [4.78, 5) is 16.5. The topological polar surface area (TPSA) is 84.4 Å². The minimum Gasteiger partial charge on any atom is -0.397 e. The Kier molecular flexibility index (Phi) is 7.07. The van der Waals surface area contributed by atoms with Gasteiger partial charge in [-0.1, -0.05) is 30.5 Å². The average Bonchev–Trinajstić information content (AvgIpc) is 2.74. The molecule has 3 aromatic rings. The van der Waals surface area contributed by atoms with E-state index in [4.69, 9.17) is 17.3 Å². The minimum atomic E-state index is -0.190. The maximum atomic E-state index is 12.5. The number of rotatable bonds is 7. The Hall–Kier alpha value is -2.90. The first kappa shape index (κ1) is 21.8. The van der Waals surface area contributed by atoms with Crippen molar-refractivity contribution < 1.29 is 0 Å². The second-order valence-corrected chi connectivity index (χ2v) is 8.11. The third kappa shape index (κ3) is 4.80. The van der Waals surface area contributed by atoms with E-state index in [2.05, 4.69) is 22.0 Å². The average molecular weight is 442 g/mol. The van der Waals surface area contributed by atoms with Crippen molar-refractivity contribution in [3.63, 3.8) is 0 Å². The van der Waals surface area contributed by atoms with E-state index >= 15 is 0 Å². The molecule has 0 atom stereocenters. The SMILES string of the molecule is CCSNc1ccc(Nc2ccc(Cl)cc2)c(-c2cn(C)c(=O)c(C=NC)c2N)c1. The van der Waals surface area contributed by atoms with Crippen LogP contribution in [0.1, 0.15) is 12.5 Å². The molecule has 0 saturated heterocycles. The fourth-order valence-corrected chi connectivity index (χ4v) is 3.59. The van der Waals surface area contributed by atoms with E-state index in [0.717, 1.165) is 33.9 Å². The zero-order chi connectivity index (χ0) is 21.7. The number of aryl methyl sites for hydroxylation is 1. The lowest BCUT2D eigenvalue weighted by molar-refractivity contribution is 0.861. The second kappa shape index (κ2) is 9.73. The largest absolute Gasteiger partial charge is 0.397 e. The highest BCUT2D eigenvalue weighted by atomic mass is 35.5. The maximum Gasteiger partial charge on any atom is 0.261 e. The van der Waals surface area contributed by atoms with E-state index in [9.17, 15) is 4.79 Å². The molecule has 30 heavy (non-hydrogen) atoms. The van der Waals surface area contributed by atoms with Crippen LogP contribution < -0.4 is 21.3 Å². The highest BCUT2D eigenvalue weighted by molar-refractivity contribution is 8.00. The standard InChI is InChI=1S/C22H24ClN5OS/c1-4-30-27-16-9-10-20(26-15-7-5-14(23)6-8-15)17(11-16)19-13-28(3)22(29)18(12-25-2)21(19)24/h5-13,26-27H,4,24H2,1-3H3. The number of hydrogen-bond donors (Lipinski definition) is 3. The van der Waals surface area contributed by atoms with E-state index in [1.165, 1.54) is 10.8 Å². The minimum absolute atomic E-state index is 0.190. The van der Waals surface area contributed by atoms with Gasteiger partial charge in [0.05, 0.1) is 11.3 Å². The fraction of sp³-hybridized carbons (Fsp3) is 0.182. The molecule has 0 aliphatic rings. The van der Waals surface area contributed by atoms with Crippen molar-refractivity contribution in [2.75, 3.05) is 28.6 Å². The highest BCUT2D eigenvalue weighted by Crippen LogP contribution is 2.37. The molecule has 0 bridgehead atoms. The molecule has 0 saturated carbocycles. The van der Waals surface area contributed by atoms with Crippen molar-refractivity contribution in [1.29, 1.82) is 0 Å². The zero-order valence-electron chi connectivity index (χ0n) is 17.1. The van der Waals surface area contributed by atoms with E-state index in [1.807, 2.05) is 42.5 Å². The summed E-state index contributed by atoms with van der Waals surface area (Å²) in [5, 5.41) is 4.09. The molecule has 3 rings (SSSR count). The van der Waals surface area contributed by atoms with Gasteiger partial charge < -0.3 is 20.3 Å². The van der Waals surface area contributed by atoms with Gasteiger partial charge in [-0.3, -0.25) is 9.79 Å². The highest BCUT2D eigenvalue weighted by Gasteiger charge is 2.16. The smallest absolute Gasteiger partial charge is 0.261 e. The van der Waals surface area contributed by atoms with Gasteiger partial charge in [-0.2, -0.15) is 0 Å². The molecule has 0 unspecified atom stereocenters. The first-order valence-corrected chi connectivity index (χ1v) is 10.8. The monoisotopic (exact) mass is 441 g/mol. The van der Waals surface area contributed by atoms with Crippen molar-refractivity contribution in [2.24, 2.45) is 12.0 Å². The van der Waals surface area contributed by atoms with Crippen LogP contribution in [-0.2, 0) is 7.05 Å². The van der Waals surface area contributed by atoms with Gasteiger partial charge in [0, 0.05) is 65.5 Å². The van der Waals surface area contributed by atoms with E-state index in [1.54, 1.807) is 32.2 Å². The van der Waals surface area contributed by atoms with Gasteiger partial charge in [-0.15, -0.1) is 0 Å². The van der Waals surface area contributed by atoms with Gasteiger partial charge in [0.25, 0.3) is 5.56 Å². The molecule has 156 valence electrons.